The van der Waals surface area contributed by atoms with Crippen LogP contribution in [0, 0.1) is 11.8 Å². The van der Waals surface area contributed by atoms with E-state index in [0.29, 0.717) is 31.8 Å². The van der Waals surface area contributed by atoms with Gasteiger partial charge in [-0.05, 0) is 67.0 Å². The lowest BCUT2D eigenvalue weighted by molar-refractivity contribution is -0.123. The summed E-state index contributed by atoms with van der Waals surface area (Å²) in [7, 11) is 0. The van der Waals surface area contributed by atoms with Gasteiger partial charge in [0.15, 0.2) is 0 Å². The number of furan rings is 1. The van der Waals surface area contributed by atoms with Crippen molar-refractivity contribution < 1.29 is 14.0 Å². The van der Waals surface area contributed by atoms with Crippen molar-refractivity contribution in [2.75, 3.05) is 13.1 Å². The van der Waals surface area contributed by atoms with Crippen LogP contribution in [0.5, 0.6) is 0 Å². The Morgan fingerprint density at radius 1 is 1.12 bits per heavy atom. The SMILES string of the molecule is CC1C/C(=C\c2ccco2)c2nc3ccccc3c(C(=O)N3CCC(C(N)=O)CC3)c2C1. The van der Waals surface area contributed by atoms with Gasteiger partial charge >= 0.3 is 0 Å². The highest BCUT2D eigenvalue weighted by Crippen LogP contribution is 2.39. The largest absolute Gasteiger partial charge is 0.465 e. The van der Waals surface area contributed by atoms with E-state index in [1.165, 1.54) is 0 Å². The summed E-state index contributed by atoms with van der Waals surface area (Å²) in [5.41, 5.74) is 10.1. The summed E-state index contributed by atoms with van der Waals surface area (Å²) >= 11 is 0. The molecule has 1 aliphatic heterocycles. The number of para-hydroxylation sites is 1. The number of carbonyl (C=O) groups excluding carboxylic acids is 2. The predicted octanol–water partition coefficient (Wildman–Crippen LogP) is 4.29. The Morgan fingerprint density at radius 3 is 2.62 bits per heavy atom. The summed E-state index contributed by atoms with van der Waals surface area (Å²) in [6.07, 6.45) is 6.64. The summed E-state index contributed by atoms with van der Waals surface area (Å²) in [5, 5.41) is 0.889. The van der Waals surface area contributed by atoms with Crippen LogP contribution in [0.1, 0.15) is 53.6 Å². The van der Waals surface area contributed by atoms with Crippen LogP contribution in [0.15, 0.2) is 47.1 Å². The van der Waals surface area contributed by atoms with Crippen molar-refractivity contribution >= 4 is 34.4 Å². The first-order valence-electron chi connectivity index (χ1n) is 11.3. The number of hydrogen-bond acceptors (Lipinski definition) is 4. The standard InChI is InChI=1S/C26H27N3O3/c1-16-13-18(15-19-5-4-12-32-19)24-21(14-16)23(20-6-2-3-7-22(20)28-24)26(31)29-10-8-17(9-11-29)25(27)30/h2-7,12,15-17H,8-11,13-14H2,1H3,(H2,27,30)/b18-15+. The maximum Gasteiger partial charge on any atom is 0.254 e. The van der Waals surface area contributed by atoms with Crippen LogP contribution in [-0.4, -0.2) is 34.8 Å². The van der Waals surface area contributed by atoms with E-state index in [1.807, 2.05) is 47.4 Å². The molecular formula is C26H27N3O3. The molecule has 2 N–H and O–H groups in total. The van der Waals surface area contributed by atoms with E-state index in [9.17, 15) is 9.59 Å². The number of fused-ring (bicyclic) bond motifs is 2. The molecule has 0 bridgehead atoms. The van der Waals surface area contributed by atoms with E-state index >= 15 is 0 Å². The van der Waals surface area contributed by atoms with Crippen LogP contribution in [0.25, 0.3) is 22.6 Å². The molecule has 5 rings (SSSR count). The summed E-state index contributed by atoms with van der Waals surface area (Å²) in [6, 6.07) is 11.7. The number of hydrogen-bond donors (Lipinski definition) is 1. The summed E-state index contributed by atoms with van der Waals surface area (Å²) in [4.78, 5) is 32.3. The highest BCUT2D eigenvalue weighted by molar-refractivity contribution is 6.09. The monoisotopic (exact) mass is 429 g/mol. The Balaban J connectivity index is 1.62. The second kappa shape index (κ2) is 8.26. The average Bonchev–Trinajstić information content (AvgIpc) is 3.30. The lowest BCUT2D eigenvalue weighted by Gasteiger charge is -2.33. The molecule has 32 heavy (non-hydrogen) atoms. The van der Waals surface area contributed by atoms with Crippen molar-refractivity contribution in [2.45, 2.75) is 32.6 Å². The normalized spacial score (nSPS) is 20.5. The fourth-order valence-corrected chi connectivity index (χ4v) is 5.05. The number of amides is 2. The minimum absolute atomic E-state index is 0.0224. The lowest BCUT2D eigenvalue weighted by atomic mass is 9.80. The summed E-state index contributed by atoms with van der Waals surface area (Å²) in [6.45, 7) is 3.30. The topological polar surface area (TPSA) is 89.4 Å². The zero-order chi connectivity index (χ0) is 22.2. The van der Waals surface area contributed by atoms with E-state index in [1.54, 1.807) is 6.26 Å². The molecule has 1 unspecified atom stereocenters. The van der Waals surface area contributed by atoms with Crippen molar-refractivity contribution in [2.24, 2.45) is 17.6 Å². The minimum Gasteiger partial charge on any atom is -0.465 e. The predicted molar refractivity (Wildman–Crippen MR) is 124 cm³/mol. The van der Waals surface area contributed by atoms with Gasteiger partial charge in [0.1, 0.15) is 5.76 Å². The molecule has 2 aliphatic rings. The molecule has 0 spiro atoms. The molecule has 1 aliphatic carbocycles. The number of piperidine rings is 1. The maximum atomic E-state index is 13.8. The molecule has 0 radical (unpaired) electrons. The van der Waals surface area contributed by atoms with Crippen LogP contribution in [0.2, 0.25) is 0 Å². The van der Waals surface area contributed by atoms with Crippen molar-refractivity contribution in [3.63, 3.8) is 0 Å². The Bertz CT molecular complexity index is 1200. The van der Waals surface area contributed by atoms with Gasteiger partial charge in [0, 0.05) is 24.4 Å². The number of nitrogens with two attached hydrogens (primary N) is 1. The highest BCUT2D eigenvalue weighted by atomic mass is 16.3. The number of rotatable bonds is 3. The van der Waals surface area contributed by atoms with Gasteiger partial charge in [0.25, 0.3) is 5.91 Å². The quantitative estimate of drug-likeness (QED) is 0.673. The number of pyridine rings is 1. The Labute approximate surface area is 187 Å². The second-order valence-corrected chi connectivity index (χ2v) is 9.00. The minimum atomic E-state index is -0.273. The molecule has 164 valence electrons. The van der Waals surface area contributed by atoms with E-state index in [0.717, 1.165) is 51.9 Å². The third kappa shape index (κ3) is 3.70. The number of carbonyl (C=O) groups is 2. The van der Waals surface area contributed by atoms with Crippen LogP contribution >= 0.6 is 0 Å². The van der Waals surface area contributed by atoms with Crippen molar-refractivity contribution in [1.82, 2.24) is 9.88 Å². The van der Waals surface area contributed by atoms with E-state index in [-0.39, 0.29) is 17.7 Å². The molecule has 6 heteroatoms. The zero-order valence-electron chi connectivity index (χ0n) is 18.2. The third-order valence-corrected chi connectivity index (χ3v) is 6.68. The molecule has 2 amide bonds. The van der Waals surface area contributed by atoms with E-state index in [2.05, 4.69) is 6.92 Å². The maximum absolute atomic E-state index is 13.8. The Morgan fingerprint density at radius 2 is 1.91 bits per heavy atom. The summed E-state index contributed by atoms with van der Waals surface area (Å²) < 4.78 is 5.56. The van der Waals surface area contributed by atoms with Gasteiger partial charge in [-0.2, -0.15) is 0 Å². The molecule has 0 saturated carbocycles. The molecule has 3 heterocycles. The number of primary amides is 1. The van der Waals surface area contributed by atoms with E-state index in [4.69, 9.17) is 15.1 Å². The van der Waals surface area contributed by atoms with Crippen LogP contribution < -0.4 is 5.73 Å². The van der Waals surface area contributed by atoms with Crippen LogP contribution in [-0.2, 0) is 11.2 Å². The Hall–Kier alpha value is -3.41. The highest BCUT2D eigenvalue weighted by Gasteiger charge is 2.32. The lowest BCUT2D eigenvalue weighted by Crippen LogP contribution is -2.42. The van der Waals surface area contributed by atoms with Crippen molar-refractivity contribution in [3.8, 4) is 0 Å². The first-order chi connectivity index (χ1) is 15.5. The fraction of sp³-hybridized carbons (Fsp3) is 0.346. The zero-order valence-corrected chi connectivity index (χ0v) is 18.2. The molecule has 1 fully saturated rings. The van der Waals surface area contributed by atoms with Gasteiger partial charge < -0.3 is 15.1 Å². The average molecular weight is 430 g/mol. The Kier molecular flexibility index (Phi) is 5.29. The van der Waals surface area contributed by atoms with Crippen molar-refractivity contribution in [1.29, 1.82) is 0 Å². The molecular weight excluding hydrogens is 402 g/mol. The molecule has 2 aromatic heterocycles. The third-order valence-electron chi connectivity index (χ3n) is 6.68. The first-order valence-corrected chi connectivity index (χ1v) is 11.3. The molecule has 6 nitrogen and oxygen atoms in total. The van der Waals surface area contributed by atoms with Crippen LogP contribution in [0.4, 0.5) is 0 Å². The number of benzene rings is 1. The van der Waals surface area contributed by atoms with Gasteiger partial charge in [-0.3, -0.25) is 9.59 Å². The van der Waals surface area contributed by atoms with Gasteiger partial charge in [-0.25, -0.2) is 4.98 Å². The van der Waals surface area contributed by atoms with Crippen LogP contribution in [0.3, 0.4) is 0 Å². The smallest absolute Gasteiger partial charge is 0.254 e. The molecule has 1 aromatic carbocycles. The second-order valence-electron chi connectivity index (χ2n) is 9.00. The van der Waals surface area contributed by atoms with Gasteiger partial charge in [0.2, 0.25) is 5.91 Å². The molecule has 1 saturated heterocycles. The first kappa shape index (κ1) is 20.5. The number of aromatic nitrogens is 1. The van der Waals surface area contributed by atoms with Gasteiger partial charge in [0.05, 0.1) is 23.0 Å². The molecule has 1 atom stereocenters. The van der Waals surface area contributed by atoms with E-state index < -0.39 is 0 Å². The molecule has 3 aromatic rings. The van der Waals surface area contributed by atoms with Gasteiger partial charge in [-0.15, -0.1) is 0 Å². The number of nitrogens with zero attached hydrogens (tertiary/aromatic N) is 2. The fourth-order valence-electron chi connectivity index (χ4n) is 5.05. The number of likely N-dealkylation sites (tertiary alicyclic amines) is 1. The number of allylic oxidation sites excluding steroid dienone is 1. The van der Waals surface area contributed by atoms with Gasteiger partial charge in [-0.1, -0.05) is 25.1 Å². The summed E-state index contributed by atoms with van der Waals surface area (Å²) in [5.74, 6) is 0.778. The van der Waals surface area contributed by atoms with Crippen molar-refractivity contribution in [3.05, 3.63) is 65.2 Å².